The Morgan fingerprint density at radius 2 is 1.35 bits per heavy atom. The molecular formula is C15H14N2O3. The van der Waals surface area contributed by atoms with Crippen LogP contribution < -0.4 is 19.9 Å². The fraction of sp³-hybridized carbons (Fsp3) is 0.133. The summed E-state index contributed by atoms with van der Waals surface area (Å²) in [6.45, 7) is 0. The SMILES string of the molecule is COc1cc(N)cc(Oc2cc(C#N)cc(OC)c2)c1. The number of nitrogens with zero attached hydrogens (tertiary/aromatic N) is 1. The van der Waals surface area contributed by atoms with E-state index in [1.807, 2.05) is 0 Å². The molecular weight excluding hydrogens is 256 g/mol. The van der Waals surface area contributed by atoms with Crippen LogP contribution in [0.25, 0.3) is 0 Å². The van der Waals surface area contributed by atoms with E-state index in [0.29, 0.717) is 34.2 Å². The van der Waals surface area contributed by atoms with Gasteiger partial charge in [0.15, 0.2) is 0 Å². The van der Waals surface area contributed by atoms with Gasteiger partial charge in [0.1, 0.15) is 23.0 Å². The zero-order chi connectivity index (χ0) is 14.5. The van der Waals surface area contributed by atoms with Crippen molar-refractivity contribution in [1.82, 2.24) is 0 Å². The van der Waals surface area contributed by atoms with Crippen LogP contribution in [0.15, 0.2) is 36.4 Å². The first-order valence-corrected chi connectivity index (χ1v) is 5.86. The van der Waals surface area contributed by atoms with Crippen molar-refractivity contribution in [1.29, 1.82) is 5.26 Å². The van der Waals surface area contributed by atoms with E-state index in [1.54, 1.807) is 43.5 Å². The van der Waals surface area contributed by atoms with Crippen LogP contribution in [0.2, 0.25) is 0 Å². The fourth-order valence-electron chi connectivity index (χ4n) is 1.72. The Bertz CT molecular complexity index is 663. The lowest BCUT2D eigenvalue weighted by Crippen LogP contribution is -1.92. The van der Waals surface area contributed by atoms with Crippen molar-refractivity contribution in [3.8, 4) is 29.1 Å². The first-order valence-electron chi connectivity index (χ1n) is 5.86. The first-order chi connectivity index (χ1) is 9.64. The van der Waals surface area contributed by atoms with Gasteiger partial charge in [0, 0.05) is 30.0 Å². The van der Waals surface area contributed by atoms with Crippen LogP contribution in [0.4, 0.5) is 5.69 Å². The molecule has 0 atom stereocenters. The first kappa shape index (κ1) is 13.6. The Morgan fingerprint density at radius 3 is 1.95 bits per heavy atom. The number of nitriles is 1. The topological polar surface area (TPSA) is 77.5 Å². The van der Waals surface area contributed by atoms with Gasteiger partial charge in [-0.3, -0.25) is 0 Å². The van der Waals surface area contributed by atoms with Crippen molar-refractivity contribution < 1.29 is 14.2 Å². The molecule has 0 radical (unpaired) electrons. The Labute approximate surface area is 117 Å². The van der Waals surface area contributed by atoms with Crippen LogP contribution in [0.5, 0.6) is 23.0 Å². The Morgan fingerprint density at radius 1 is 0.850 bits per heavy atom. The van der Waals surface area contributed by atoms with Crippen LogP contribution >= 0.6 is 0 Å². The third-order valence-corrected chi connectivity index (χ3v) is 2.62. The van der Waals surface area contributed by atoms with E-state index in [0.717, 1.165) is 0 Å². The number of rotatable bonds is 4. The van der Waals surface area contributed by atoms with Crippen molar-refractivity contribution in [2.24, 2.45) is 0 Å². The standard InChI is InChI=1S/C15H14N2O3/c1-18-12-3-10(9-16)4-14(7-12)20-15-6-11(17)5-13(8-15)19-2/h3-8H,17H2,1-2H3. The summed E-state index contributed by atoms with van der Waals surface area (Å²) < 4.78 is 15.9. The van der Waals surface area contributed by atoms with Gasteiger partial charge in [-0.05, 0) is 12.1 Å². The smallest absolute Gasteiger partial charge is 0.133 e. The van der Waals surface area contributed by atoms with E-state index in [9.17, 15) is 0 Å². The molecule has 2 aromatic rings. The zero-order valence-electron chi connectivity index (χ0n) is 11.2. The monoisotopic (exact) mass is 270 g/mol. The molecule has 0 spiro atoms. The number of hydrogen-bond acceptors (Lipinski definition) is 5. The Kier molecular flexibility index (Phi) is 3.96. The average molecular weight is 270 g/mol. The van der Waals surface area contributed by atoms with E-state index < -0.39 is 0 Å². The molecule has 0 aliphatic carbocycles. The summed E-state index contributed by atoms with van der Waals surface area (Å²) in [4.78, 5) is 0. The highest BCUT2D eigenvalue weighted by Crippen LogP contribution is 2.31. The molecule has 0 bridgehead atoms. The molecule has 2 N–H and O–H groups in total. The van der Waals surface area contributed by atoms with Gasteiger partial charge in [0.25, 0.3) is 0 Å². The number of hydrogen-bond donors (Lipinski definition) is 1. The second-order valence-electron chi connectivity index (χ2n) is 4.05. The van der Waals surface area contributed by atoms with E-state index in [1.165, 1.54) is 7.11 Å². The average Bonchev–Trinajstić information content (AvgIpc) is 2.46. The lowest BCUT2D eigenvalue weighted by molar-refractivity contribution is 0.404. The van der Waals surface area contributed by atoms with E-state index >= 15 is 0 Å². The number of ether oxygens (including phenoxy) is 3. The third-order valence-electron chi connectivity index (χ3n) is 2.62. The molecule has 0 unspecified atom stereocenters. The molecule has 0 aromatic heterocycles. The molecule has 2 rings (SSSR count). The third kappa shape index (κ3) is 3.12. The molecule has 0 heterocycles. The van der Waals surface area contributed by atoms with Crippen molar-refractivity contribution in [3.05, 3.63) is 42.0 Å². The van der Waals surface area contributed by atoms with E-state index in [2.05, 4.69) is 6.07 Å². The second kappa shape index (κ2) is 5.85. The summed E-state index contributed by atoms with van der Waals surface area (Å²) >= 11 is 0. The summed E-state index contributed by atoms with van der Waals surface area (Å²) in [7, 11) is 3.09. The summed E-state index contributed by atoms with van der Waals surface area (Å²) in [5.74, 6) is 2.17. The minimum Gasteiger partial charge on any atom is -0.497 e. The highest BCUT2D eigenvalue weighted by Gasteiger charge is 2.05. The number of nitrogens with two attached hydrogens (primary N) is 1. The molecule has 102 valence electrons. The van der Waals surface area contributed by atoms with Gasteiger partial charge in [0.05, 0.1) is 25.9 Å². The maximum absolute atomic E-state index is 8.97. The van der Waals surface area contributed by atoms with Gasteiger partial charge in [-0.25, -0.2) is 0 Å². The van der Waals surface area contributed by atoms with Gasteiger partial charge in [-0.15, -0.1) is 0 Å². The maximum atomic E-state index is 8.97. The molecule has 0 aliphatic heterocycles. The van der Waals surface area contributed by atoms with E-state index in [4.69, 9.17) is 25.2 Å². The maximum Gasteiger partial charge on any atom is 0.133 e. The minimum absolute atomic E-state index is 0.454. The largest absolute Gasteiger partial charge is 0.497 e. The normalized spacial score (nSPS) is 9.65. The lowest BCUT2D eigenvalue weighted by Gasteiger charge is -2.10. The van der Waals surface area contributed by atoms with Crippen LogP contribution in [0, 0.1) is 11.3 Å². The van der Waals surface area contributed by atoms with Crippen LogP contribution in [0.1, 0.15) is 5.56 Å². The van der Waals surface area contributed by atoms with Crippen molar-refractivity contribution in [2.75, 3.05) is 20.0 Å². The van der Waals surface area contributed by atoms with Gasteiger partial charge < -0.3 is 19.9 Å². The number of nitrogen functional groups attached to an aromatic ring is 1. The van der Waals surface area contributed by atoms with Gasteiger partial charge in [0.2, 0.25) is 0 Å². The summed E-state index contributed by atoms with van der Waals surface area (Å²) in [5, 5.41) is 8.97. The Hall–Kier alpha value is -2.87. The Balaban J connectivity index is 2.34. The number of methoxy groups -OCH3 is 2. The van der Waals surface area contributed by atoms with Gasteiger partial charge >= 0.3 is 0 Å². The van der Waals surface area contributed by atoms with Crippen molar-refractivity contribution in [2.45, 2.75) is 0 Å². The zero-order valence-corrected chi connectivity index (χ0v) is 11.2. The molecule has 2 aromatic carbocycles. The number of benzene rings is 2. The van der Waals surface area contributed by atoms with Crippen LogP contribution in [-0.2, 0) is 0 Å². The predicted octanol–water partition coefficient (Wildman–Crippen LogP) is 2.95. The van der Waals surface area contributed by atoms with Crippen molar-refractivity contribution >= 4 is 5.69 Å². The summed E-state index contributed by atoms with van der Waals surface area (Å²) in [6.07, 6.45) is 0. The minimum atomic E-state index is 0.454. The molecule has 0 aliphatic rings. The molecule has 20 heavy (non-hydrogen) atoms. The van der Waals surface area contributed by atoms with Crippen LogP contribution in [-0.4, -0.2) is 14.2 Å². The molecule has 5 heteroatoms. The van der Waals surface area contributed by atoms with Gasteiger partial charge in [-0.1, -0.05) is 0 Å². The van der Waals surface area contributed by atoms with Gasteiger partial charge in [-0.2, -0.15) is 5.26 Å². The quantitative estimate of drug-likeness (QED) is 0.864. The lowest BCUT2D eigenvalue weighted by atomic mass is 10.2. The number of anilines is 1. The predicted molar refractivity (Wildman–Crippen MR) is 75.2 cm³/mol. The highest BCUT2D eigenvalue weighted by molar-refractivity contribution is 5.52. The van der Waals surface area contributed by atoms with Crippen LogP contribution in [0.3, 0.4) is 0 Å². The fourth-order valence-corrected chi connectivity index (χ4v) is 1.72. The summed E-state index contributed by atoms with van der Waals surface area (Å²) in [5.41, 5.74) is 6.75. The molecule has 5 nitrogen and oxygen atoms in total. The van der Waals surface area contributed by atoms with E-state index in [-0.39, 0.29) is 0 Å². The second-order valence-corrected chi connectivity index (χ2v) is 4.05. The highest BCUT2D eigenvalue weighted by atomic mass is 16.5. The molecule has 0 saturated heterocycles. The molecule has 0 saturated carbocycles. The molecule has 0 fully saturated rings. The molecule has 0 amide bonds. The summed E-state index contributed by atoms with van der Waals surface area (Å²) in [6, 6.07) is 12.1. The van der Waals surface area contributed by atoms with Crippen molar-refractivity contribution in [3.63, 3.8) is 0 Å².